The topological polar surface area (TPSA) is 88.7 Å². The van der Waals surface area contributed by atoms with Crippen LogP contribution in [-0.2, 0) is 20.7 Å². The number of aromatic amines is 1. The van der Waals surface area contributed by atoms with Gasteiger partial charge in [0.1, 0.15) is 0 Å². The average molecular weight is 336 g/mol. The highest BCUT2D eigenvalue weighted by atomic mass is 16.5. The van der Waals surface area contributed by atoms with Crippen LogP contribution >= 0.6 is 0 Å². The number of nitrogens with one attached hydrogen (secondary N) is 1. The lowest BCUT2D eigenvalue weighted by atomic mass is 10.1. The smallest absolute Gasteiger partial charge is 0.339 e. The highest BCUT2D eigenvalue weighted by Gasteiger charge is 2.29. The van der Waals surface area contributed by atoms with E-state index in [0.29, 0.717) is 30.0 Å². The fourth-order valence-electron chi connectivity index (χ4n) is 3.17. The van der Waals surface area contributed by atoms with E-state index in [1.807, 2.05) is 13.8 Å². The molecule has 2 atom stereocenters. The number of nitrogens with zero attached hydrogens (tertiary/aromatic N) is 1. The van der Waals surface area contributed by atoms with Gasteiger partial charge in [0.05, 0.1) is 37.0 Å². The van der Waals surface area contributed by atoms with Crippen LogP contribution < -0.4 is 0 Å². The zero-order valence-corrected chi connectivity index (χ0v) is 14.8. The van der Waals surface area contributed by atoms with E-state index in [-0.39, 0.29) is 35.9 Å². The van der Waals surface area contributed by atoms with Crippen molar-refractivity contribution in [1.29, 1.82) is 0 Å². The molecule has 7 nitrogen and oxygen atoms in total. The third kappa shape index (κ3) is 3.67. The summed E-state index contributed by atoms with van der Waals surface area (Å²) >= 11 is 0. The molecule has 1 fully saturated rings. The average Bonchev–Trinajstić information content (AvgIpc) is 2.82. The third-order valence-corrected chi connectivity index (χ3v) is 4.17. The van der Waals surface area contributed by atoms with Gasteiger partial charge in [0.15, 0.2) is 5.78 Å². The van der Waals surface area contributed by atoms with Crippen molar-refractivity contribution < 1.29 is 23.9 Å². The molecule has 1 aliphatic heterocycles. The van der Waals surface area contributed by atoms with E-state index in [1.54, 1.807) is 11.8 Å². The van der Waals surface area contributed by atoms with E-state index in [1.165, 1.54) is 14.0 Å². The molecule has 1 amide bonds. The minimum absolute atomic E-state index is 0.0119. The summed E-state index contributed by atoms with van der Waals surface area (Å²) in [5.74, 6) is -0.855. The number of methoxy groups -OCH3 is 1. The molecular formula is C17H24N2O5. The third-order valence-electron chi connectivity index (χ3n) is 4.17. The molecule has 1 N–H and O–H groups in total. The summed E-state index contributed by atoms with van der Waals surface area (Å²) in [6.45, 7) is 7.94. The number of esters is 1. The van der Waals surface area contributed by atoms with Crippen molar-refractivity contribution in [2.24, 2.45) is 0 Å². The number of hydrogen-bond acceptors (Lipinski definition) is 5. The molecule has 1 saturated heterocycles. The van der Waals surface area contributed by atoms with Gasteiger partial charge in [-0.2, -0.15) is 0 Å². The Morgan fingerprint density at radius 1 is 1.25 bits per heavy atom. The summed E-state index contributed by atoms with van der Waals surface area (Å²) in [4.78, 5) is 41.1. The fourth-order valence-corrected chi connectivity index (χ4v) is 3.17. The second kappa shape index (κ2) is 7.17. The molecular weight excluding hydrogens is 312 g/mol. The molecule has 7 heteroatoms. The Bertz CT molecular complexity index is 654. The van der Waals surface area contributed by atoms with Gasteiger partial charge in [-0.05, 0) is 26.3 Å². The van der Waals surface area contributed by atoms with Gasteiger partial charge >= 0.3 is 5.97 Å². The number of ether oxygens (including phenoxy) is 2. The van der Waals surface area contributed by atoms with Crippen LogP contribution in [0.3, 0.4) is 0 Å². The Hall–Kier alpha value is -2.15. The Balaban J connectivity index is 2.28. The van der Waals surface area contributed by atoms with Crippen LogP contribution in [0.25, 0.3) is 0 Å². The standard InChI is InChI=1S/C17H24N2O5/c1-9-7-19(8-10(2)24-9)14(21)6-13-15(17(22)23-5)11(3)16(18-13)12(4)20/h9-10,18H,6-8H2,1-5H3. The molecule has 0 saturated carbocycles. The number of hydrogen-bond donors (Lipinski definition) is 1. The summed E-state index contributed by atoms with van der Waals surface area (Å²) < 4.78 is 10.4. The molecule has 132 valence electrons. The van der Waals surface area contributed by atoms with Crippen molar-refractivity contribution in [3.63, 3.8) is 0 Å². The Labute approximate surface area is 141 Å². The van der Waals surface area contributed by atoms with Gasteiger partial charge in [0.2, 0.25) is 5.91 Å². The van der Waals surface area contributed by atoms with E-state index >= 15 is 0 Å². The summed E-state index contributed by atoms with van der Waals surface area (Å²) in [6, 6.07) is 0. The maximum absolute atomic E-state index is 12.6. The molecule has 2 unspecified atom stereocenters. The van der Waals surface area contributed by atoms with Crippen LogP contribution in [0.2, 0.25) is 0 Å². The summed E-state index contributed by atoms with van der Waals surface area (Å²) in [5.41, 5.74) is 1.54. The number of morpholine rings is 1. The zero-order chi connectivity index (χ0) is 18.0. The number of aromatic nitrogens is 1. The minimum atomic E-state index is -0.553. The molecule has 1 aromatic rings. The second-order valence-corrected chi connectivity index (χ2v) is 6.26. The lowest BCUT2D eigenvalue weighted by Gasteiger charge is -2.35. The monoisotopic (exact) mass is 336 g/mol. The molecule has 0 radical (unpaired) electrons. The highest BCUT2D eigenvalue weighted by Crippen LogP contribution is 2.22. The molecule has 1 aliphatic rings. The van der Waals surface area contributed by atoms with Gasteiger partial charge in [-0.3, -0.25) is 9.59 Å². The lowest BCUT2D eigenvalue weighted by Crippen LogP contribution is -2.48. The SMILES string of the molecule is COC(=O)c1c(CC(=O)N2CC(C)OC(C)C2)[nH]c(C(C)=O)c1C. The molecule has 1 aromatic heterocycles. The first-order valence-corrected chi connectivity index (χ1v) is 7.98. The summed E-state index contributed by atoms with van der Waals surface area (Å²) in [7, 11) is 1.28. The Morgan fingerprint density at radius 2 is 1.83 bits per heavy atom. The summed E-state index contributed by atoms with van der Waals surface area (Å²) in [6.07, 6.45) is -0.0512. The fraction of sp³-hybridized carbons (Fsp3) is 0.588. The van der Waals surface area contributed by atoms with E-state index < -0.39 is 5.97 Å². The molecule has 24 heavy (non-hydrogen) atoms. The highest BCUT2D eigenvalue weighted by molar-refractivity contribution is 6.01. The van der Waals surface area contributed by atoms with Crippen LogP contribution in [0.15, 0.2) is 0 Å². The number of carbonyl (C=O) groups excluding carboxylic acids is 3. The number of ketones is 1. The Kier molecular flexibility index (Phi) is 5.43. The first kappa shape index (κ1) is 18.2. The van der Waals surface area contributed by atoms with Crippen LogP contribution in [0.5, 0.6) is 0 Å². The van der Waals surface area contributed by atoms with Crippen LogP contribution in [0.4, 0.5) is 0 Å². The molecule has 0 aliphatic carbocycles. The van der Waals surface area contributed by atoms with Gasteiger partial charge < -0.3 is 19.4 Å². The largest absolute Gasteiger partial charge is 0.465 e. The van der Waals surface area contributed by atoms with Gasteiger partial charge in [-0.15, -0.1) is 0 Å². The molecule has 0 aromatic carbocycles. The number of H-pyrrole nitrogens is 1. The minimum Gasteiger partial charge on any atom is -0.465 e. The number of Topliss-reactive ketones (excluding diaryl/α,β-unsaturated/α-hetero) is 1. The number of carbonyl (C=O) groups is 3. The van der Waals surface area contributed by atoms with E-state index in [9.17, 15) is 14.4 Å². The van der Waals surface area contributed by atoms with Gasteiger partial charge in [0, 0.05) is 25.7 Å². The van der Waals surface area contributed by atoms with Crippen molar-refractivity contribution in [3.05, 3.63) is 22.5 Å². The van der Waals surface area contributed by atoms with Crippen LogP contribution in [-0.4, -0.2) is 60.0 Å². The van der Waals surface area contributed by atoms with Crippen LogP contribution in [0.1, 0.15) is 52.9 Å². The maximum atomic E-state index is 12.6. The van der Waals surface area contributed by atoms with Crippen molar-refractivity contribution in [1.82, 2.24) is 9.88 Å². The molecule has 2 rings (SSSR count). The molecule has 2 heterocycles. The van der Waals surface area contributed by atoms with Gasteiger partial charge in [-0.25, -0.2) is 4.79 Å². The van der Waals surface area contributed by atoms with Crippen LogP contribution in [0, 0.1) is 6.92 Å². The van der Waals surface area contributed by atoms with E-state index in [4.69, 9.17) is 9.47 Å². The van der Waals surface area contributed by atoms with Crippen molar-refractivity contribution >= 4 is 17.7 Å². The lowest BCUT2D eigenvalue weighted by molar-refractivity contribution is -0.142. The maximum Gasteiger partial charge on any atom is 0.339 e. The number of amides is 1. The number of rotatable bonds is 4. The normalized spacial score (nSPS) is 20.8. The van der Waals surface area contributed by atoms with Gasteiger partial charge in [-0.1, -0.05) is 0 Å². The van der Waals surface area contributed by atoms with E-state index in [0.717, 1.165) is 0 Å². The van der Waals surface area contributed by atoms with E-state index in [2.05, 4.69) is 4.98 Å². The Morgan fingerprint density at radius 3 is 2.33 bits per heavy atom. The van der Waals surface area contributed by atoms with Crippen molar-refractivity contribution in [2.75, 3.05) is 20.2 Å². The predicted molar refractivity (Wildman–Crippen MR) is 87.2 cm³/mol. The first-order valence-electron chi connectivity index (χ1n) is 7.98. The van der Waals surface area contributed by atoms with Gasteiger partial charge in [0.25, 0.3) is 0 Å². The summed E-state index contributed by atoms with van der Waals surface area (Å²) in [5, 5.41) is 0. The zero-order valence-electron chi connectivity index (χ0n) is 14.8. The first-order chi connectivity index (χ1) is 11.2. The predicted octanol–water partition coefficient (Wildman–Crippen LogP) is 1.49. The van der Waals surface area contributed by atoms with Crippen molar-refractivity contribution in [2.45, 2.75) is 46.3 Å². The second-order valence-electron chi connectivity index (χ2n) is 6.26. The quantitative estimate of drug-likeness (QED) is 0.665. The molecule has 0 spiro atoms. The molecule has 0 bridgehead atoms. The van der Waals surface area contributed by atoms with Crippen molar-refractivity contribution in [3.8, 4) is 0 Å².